The average molecular weight is 469 g/mol. The molecule has 176 valence electrons. The molecule has 0 radical (unpaired) electrons. The number of carbonyl (C=O) groups excluding carboxylic acids is 2. The van der Waals surface area contributed by atoms with E-state index in [2.05, 4.69) is 16.6 Å². The summed E-state index contributed by atoms with van der Waals surface area (Å²) in [5.41, 5.74) is 0. The summed E-state index contributed by atoms with van der Waals surface area (Å²) in [6, 6.07) is 9.65. The van der Waals surface area contributed by atoms with Gasteiger partial charge in [0.25, 0.3) is 0 Å². The molecule has 1 aromatic carbocycles. The number of Topliss-reactive ketones (excluding diaryl/α,β-unsaturated/α-hetero) is 1. The number of hydrogen-bond donors (Lipinski definition) is 2. The number of rotatable bonds is 9. The van der Waals surface area contributed by atoms with Crippen LogP contribution < -0.4 is 0 Å². The van der Waals surface area contributed by atoms with Gasteiger partial charge in [0.1, 0.15) is 6.10 Å². The number of carbonyl (C=O) groups is 2. The molecule has 0 heterocycles. The van der Waals surface area contributed by atoms with Crippen molar-refractivity contribution in [2.45, 2.75) is 62.0 Å². The van der Waals surface area contributed by atoms with E-state index in [4.69, 9.17) is 0 Å². The number of aliphatic hydroxyl groups excluding tert-OH is 2. The monoisotopic (exact) mass is 468 g/mol. The van der Waals surface area contributed by atoms with Crippen molar-refractivity contribution in [3.63, 3.8) is 0 Å². The number of allylic oxidation sites excluding steroid dienone is 3. The Kier molecular flexibility index (Phi) is 9.80. The molecule has 1 fully saturated rings. The zero-order chi connectivity index (χ0) is 23.6. The van der Waals surface area contributed by atoms with Crippen molar-refractivity contribution in [2.75, 3.05) is 7.11 Å². The van der Waals surface area contributed by atoms with Gasteiger partial charge >= 0.3 is 5.97 Å². The zero-order valence-corrected chi connectivity index (χ0v) is 19.8. The van der Waals surface area contributed by atoms with Crippen LogP contribution in [-0.4, -0.2) is 41.3 Å². The van der Waals surface area contributed by atoms with Gasteiger partial charge in [0, 0.05) is 23.7 Å². The smallest absolute Gasteiger partial charge is 0.305 e. The summed E-state index contributed by atoms with van der Waals surface area (Å²) in [6.45, 7) is 0. The highest BCUT2D eigenvalue weighted by Gasteiger charge is 2.39. The molecule has 2 aliphatic carbocycles. The quantitative estimate of drug-likeness (QED) is 0.243. The van der Waals surface area contributed by atoms with Gasteiger partial charge in [-0.15, -0.1) is 5.92 Å². The summed E-state index contributed by atoms with van der Waals surface area (Å²) in [6.07, 6.45) is 9.41. The third kappa shape index (κ3) is 7.33. The Bertz CT molecular complexity index is 921. The molecule has 0 aliphatic heterocycles. The summed E-state index contributed by atoms with van der Waals surface area (Å²) in [5, 5.41) is 21.3. The van der Waals surface area contributed by atoms with E-state index in [1.807, 2.05) is 42.5 Å². The van der Waals surface area contributed by atoms with Crippen molar-refractivity contribution in [2.24, 2.45) is 17.8 Å². The van der Waals surface area contributed by atoms with Crippen LogP contribution in [-0.2, 0) is 14.3 Å². The Balaban J connectivity index is 1.71. The van der Waals surface area contributed by atoms with Crippen LogP contribution in [0.25, 0.3) is 0 Å². The van der Waals surface area contributed by atoms with Crippen LogP contribution in [0.1, 0.15) is 44.9 Å². The number of ether oxygens (including phenoxy) is 1. The van der Waals surface area contributed by atoms with Crippen LogP contribution in [0.4, 0.5) is 0 Å². The number of thioether (sulfide) groups is 1. The Morgan fingerprint density at radius 3 is 2.67 bits per heavy atom. The molecule has 1 saturated carbocycles. The Morgan fingerprint density at radius 1 is 1.24 bits per heavy atom. The van der Waals surface area contributed by atoms with Gasteiger partial charge in [-0.05, 0) is 37.3 Å². The fourth-order valence-corrected chi connectivity index (χ4v) is 5.33. The number of benzene rings is 1. The van der Waals surface area contributed by atoms with Crippen LogP contribution in [0.15, 0.2) is 58.4 Å². The first-order valence-corrected chi connectivity index (χ1v) is 12.4. The Labute approximate surface area is 200 Å². The van der Waals surface area contributed by atoms with E-state index >= 15 is 0 Å². The summed E-state index contributed by atoms with van der Waals surface area (Å²) >= 11 is 1.39. The molecule has 0 bridgehead atoms. The molecule has 2 N–H and O–H groups in total. The number of hydrogen-bond acceptors (Lipinski definition) is 6. The lowest BCUT2D eigenvalue weighted by molar-refractivity contribution is -0.140. The number of ketones is 1. The number of esters is 1. The van der Waals surface area contributed by atoms with E-state index in [1.165, 1.54) is 18.9 Å². The van der Waals surface area contributed by atoms with E-state index in [0.29, 0.717) is 17.7 Å². The van der Waals surface area contributed by atoms with Gasteiger partial charge in [-0.25, -0.2) is 0 Å². The first-order chi connectivity index (χ1) is 16.0. The lowest BCUT2D eigenvalue weighted by atomic mass is 9.88. The number of unbranched alkanes of at least 4 members (excludes halogenated alkanes) is 1. The molecule has 0 amide bonds. The van der Waals surface area contributed by atoms with Crippen LogP contribution >= 0.6 is 11.8 Å². The largest absolute Gasteiger partial charge is 0.469 e. The molecule has 5 nitrogen and oxygen atoms in total. The van der Waals surface area contributed by atoms with Gasteiger partial charge in [-0.2, -0.15) is 0 Å². The van der Waals surface area contributed by atoms with E-state index in [9.17, 15) is 19.8 Å². The zero-order valence-electron chi connectivity index (χ0n) is 19.0. The maximum atomic E-state index is 13.2. The number of methoxy groups -OCH3 is 1. The van der Waals surface area contributed by atoms with Gasteiger partial charge in [-0.1, -0.05) is 67.0 Å². The molecule has 0 spiro atoms. The molecule has 3 rings (SSSR count). The fraction of sp³-hybridized carbons (Fsp3) is 0.481. The SMILES string of the molecule is COC(=O)CCCC#CC(O)C1C(=O)C(Sc2ccccc2)=CC1/C=C/C(O)C1CCCC1. The summed E-state index contributed by atoms with van der Waals surface area (Å²) in [4.78, 5) is 26.0. The van der Waals surface area contributed by atoms with Gasteiger partial charge < -0.3 is 14.9 Å². The normalized spacial score (nSPS) is 22.6. The highest BCUT2D eigenvalue weighted by Crippen LogP contribution is 2.40. The van der Waals surface area contributed by atoms with Crippen molar-refractivity contribution in [1.82, 2.24) is 0 Å². The minimum atomic E-state index is -1.13. The van der Waals surface area contributed by atoms with E-state index in [0.717, 1.165) is 30.6 Å². The molecule has 6 heteroatoms. The topological polar surface area (TPSA) is 83.8 Å². The van der Waals surface area contributed by atoms with Crippen molar-refractivity contribution < 1.29 is 24.5 Å². The van der Waals surface area contributed by atoms with Gasteiger partial charge in [0.15, 0.2) is 5.78 Å². The Morgan fingerprint density at radius 2 is 1.97 bits per heavy atom. The predicted molar refractivity (Wildman–Crippen MR) is 129 cm³/mol. The summed E-state index contributed by atoms with van der Waals surface area (Å²) in [7, 11) is 1.35. The molecule has 1 aromatic rings. The van der Waals surface area contributed by atoms with Crippen molar-refractivity contribution in [1.29, 1.82) is 0 Å². The lowest BCUT2D eigenvalue weighted by Gasteiger charge is -2.19. The fourth-order valence-electron chi connectivity index (χ4n) is 4.32. The molecule has 4 unspecified atom stereocenters. The molecular weight excluding hydrogens is 436 g/mol. The van der Waals surface area contributed by atoms with Crippen LogP contribution in [0.3, 0.4) is 0 Å². The third-order valence-corrected chi connectivity index (χ3v) is 7.25. The molecular formula is C27H32O5S. The van der Waals surface area contributed by atoms with Gasteiger partial charge in [0.05, 0.1) is 24.0 Å². The number of aliphatic hydroxyl groups is 2. The minimum absolute atomic E-state index is 0.134. The standard InChI is InChI=1S/C27H32O5S/c1-32-25(30)15-7-3-6-14-23(29)26-20(16-17-22(28)19-10-8-9-11-19)18-24(27(26)31)33-21-12-4-2-5-13-21/h2,4-5,12-13,16-20,22-23,26,28-29H,3,7-11,15H2,1H3/b17-16+. The molecule has 4 atom stereocenters. The minimum Gasteiger partial charge on any atom is -0.469 e. The van der Waals surface area contributed by atoms with Crippen LogP contribution in [0, 0.1) is 29.6 Å². The maximum absolute atomic E-state index is 13.2. The predicted octanol–water partition coefficient (Wildman–Crippen LogP) is 4.29. The van der Waals surface area contributed by atoms with Gasteiger partial charge in [0.2, 0.25) is 0 Å². The van der Waals surface area contributed by atoms with Crippen molar-refractivity contribution >= 4 is 23.5 Å². The first kappa shape index (κ1) is 25.3. The summed E-state index contributed by atoms with van der Waals surface area (Å²) < 4.78 is 4.61. The Hall–Kier alpha value is -2.33. The molecule has 0 saturated heterocycles. The van der Waals surface area contributed by atoms with Crippen molar-refractivity contribution in [3.8, 4) is 11.8 Å². The summed E-state index contributed by atoms with van der Waals surface area (Å²) in [5.74, 6) is 4.48. The highest BCUT2D eigenvalue weighted by molar-refractivity contribution is 8.04. The van der Waals surface area contributed by atoms with E-state index < -0.39 is 18.1 Å². The molecule has 2 aliphatic rings. The van der Waals surface area contributed by atoms with Crippen molar-refractivity contribution in [3.05, 3.63) is 53.5 Å². The maximum Gasteiger partial charge on any atom is 0.305 e. The second-order valence-electron chi connectivity index (χ2n) is 8.53. The molecule has 33 heavy (non-hydrogen) atoms. The van der Waals surface area contributed by atoms with E-state index in [-0.39, 0.29) is 30.0 Å². The second-order valence-corrected chi connectivity index (χ2v) is 9.64. The molecule has 0 aromatic heterocycles. The first-order valence-electron chi connectivity index (χ1n) is 11.6. The lowest BCUT2D eigenvalue weighted by Crippen LogP contribution is -2.29. The van der Waals surface area contributed by atoms with Crippen LogP contribution in [0.2, 0.25) is 0 Å². The van der Waals surface area contributed by atoms with E-state index in [1.54, 1.807) is 6.08 Å². The second kappa shape index (κ2) is 12.8. The third-order valence-electron chi connectivity index (χ3n) is 6.19. The van der Waals surface area contributed by atoms with Crippen LogP contribution in [0.5, 0.6) is 0 Å². The highest BCUT2D eigenvalue weighted by atomic mass is 32.2. The van der Waals surface area contributed by atoms with Gasteiger partial charge in [-0.3, -0.25) is 9.59 Å². The average Bonchev–Trinajstić information content (AvgIpc) is 3.46.